The Morgan fingerprint density at radius 2 is 0.450 bits per heavy atom. The number of ether oxygens (including phenoxy) is 3. The summed E-state index contributed by atoms with van der Waals surface area (Å²) in [6.45, 7) is 2.34. The third-order valence-corrected chi connectivity index (χ3v) is 19.8. The second-order valence-corrected chi connectivity index (χ2v) is 31.5. The van der Waals surface area contributed by atoms with Crippen LogP contribution in [0.25, 0.3) is 0 Å². The number of phosphoric acid groups is 2. The summed E-state index contributed by atoms with van der Waals surface area (Å²) in [7, 11) is -9.81. The molecule has 0 amide bonds. The molecular weight excluding hydrogens is 1430 g/mol. The number of hydrogen-bond donors (Lipinski definition) is 4. The van der Waals surface area contributed by atoms with Gasteiger partial charge in [-0.25, -0.2) is 9.13 Å². The number of unbranched alkanes of at least 4 members (excludes halogenated alkanes) is 30. The fraction of sp³-hybridized carbons (Fsp3) is 0.667. The quantitative estimate of drug-likeness (QED) is 0.0146. The molecule has 0 aromatic heterocycles. The van der Waals surface area contributed by atoms with Gasteiger partial charge >= 0.3 is 33.6 Å². The van der Waals surface area contributed by atoms with E-state index >= 15 is 0 Å². The van der Waals surface area contributed by atoms with E-state index in [0.717, 1.165) is 193 Å². The molecule has 0 spiro atoms. The van der Waals surface area contributed by atoms with E-state index in [4.69, 9.17) is 32.3 Å². The molecule has 5 atom stereocenters. The summed E-state index contributed by atoms with van der Waals surface area (Å²) in [5, 5.41) is 20.7. The van der Waals surface area contributed by atoms with Crippen molar-refractivity contribution in [2.24, 2.45) is 0 Å². The second-order valence-electron chi connectivity index (χ2n) is 28.5. The molecule has 0 aromatic carbocycles. The first-order valence-corrected chi connectivity index (χ1v) is 46.4. The molecule has 0 saturated heterocycles. The zero-order valence-electron chi connectivity index (χ0n) is 69.6. The Hall–Kier alpha value is -5.09. The third-order valence-electron chi connectivity index (χ3n) is 17.9. The maximum atomic E-state index is 13.0. The highest BCUT2D eigenvalue weighted by Gasteiger charge is 2.29. The number of aliphatic hydroxyl groups is 2. The smallest absolute Gasteiger partial charge is 0.463 e. The average molecular weight is 1590 g/mol. The molecular formula is C93H156O16P2. The zero-order chi connectivity index (χ0) is 80.8. The maximum Gasteiger partial charge on any atom is 0.472 e. The van der Waals surface area contributed by atoms with Crippen LogP contribution < -0.4 is 0 Å². The lowest BCUT2D eigenvalue weighted by Gasteiger charge is -2.21. The molecule has 0 heterocycles. The number of hydrogen-bond acceptors (Lipinski definition) is 14. The van der Waals surface area contributed by atoms with Crippen molar-refractivity contribution in [1.29, 1.82) is 0 Å². The Morgan fingerprint density at radius 3 is 0.712 bits per heavy atom. The van der Waals surface area contributed by atoms with E-state index in [1.807, 2.05) is 0 Å². The maximum absolute atomic E-state index is 13.0. The van der Waals surface area contributed by atoms with Gasteiger partial charge in [0.25, 0.3) is 0 Å². The van der Waals surface area contributed by atoms with Crippen molar-refractivity contribution >= 4 is 33.6 Å². The highest BCUT2D eigenvalue weighted by Crippen LogP contribution is 2.45. The van der Waals surface area contributed by atoms with Crippen LogP contribution in [-0.2, 0) is 55.8 Å². The van der Waals surface area contributed by atoms with E-state index < -0.39 is 91.5 Å². The number of carbonyl (C=O) groups is 3. The highest BCUT2D eigenvalue weighted by atomic mass is 31.2. The molecule has 4 N–H and O–H groups in total. The predicted molar refractivity (Wildman–Crippen MR) is 463 cm³/mol. The molecule has 634 valence electrons. The molecule has 0 aliphatic rings. The molecule has 0 radical (unpaired) electrons. The number of rotatable bonds is 81. The number of phosphoric ester groups is 2. The predicted octanol–water partition coefficient (Wildman–Crippen LogP) is 26.3. The molecule has 0 aliphatic heterocycles. The van der Waals surface area contributed by atoms with Gasteiger partial charge < -0.3 is 34.2 Å². The summed E-state index contributed by atoms with van der Waals surface area (Å²) in [6.07, 6.45) is 108. The molecule has 18 heteroatoms. The number of aliphatic hydroxyl groups excluding tert-OH is 2. The fourth-order valence-electron chi connectivity index (χ4n) is 11.4. The Kier molecular flexibility index (Phi) is 80.4. The van der Waals surface area contributed by atoms with Gasteiger partial charge in [0.1, 0.15) is 25.4 Å². The summed E-state index contributed by atoms with van der Waals surface area (Å²) in [6, 6.07) is 0. The molecule has 5 unspecified atom stereocenters. The van der Waals surface area contributed by atoms with Crippen molar-refractivity contribution in [3.63, 3.8) is 0 Å². The molecule has 0 rings (SSSR count). The van der Waals surface area contributed by atoms with E-state index in [9.17, 15) is 43.5 Å². The van der Waals surface area contributed by atoms with Crippen LogP contribution >= 0.6 is 15.6 Å². The molecule has 0 fully saturated rings. The Labute approximate surface area is 675 Å². The summed E-state index contributed by atoms with van der Waals surface area (Å²) < 4.78 is 61.3. The lowest BCUT2D eigenvalue weighted by molar-refractivity contribution is -0.161. The van der Waals surface area contributed by atoms with Crippen molar-refractivity contribution in [2.75, 3.05) is 39.6 Å². The minimum atomic E-state index is -4.95. The van der Waals surface area contributed by atoms with Gasteiger partial charge in [0.15, 0.2) is 6.10 Å². The van der Waals surface area contributed by atoms with Gasteiger partial charge in [0.2, 0.25) is 0 Å². The molecule has 0 aliphatic carbocycles. The Bertz CT molecular complexity index is 2700. The average Bonchev–Trinajstić information content (AvgIpc) is 0.903. The standard InChI is InChI=1S/C93H156O16P2/c1-4-7-10-13-16-19-22-25-28-31-33-35-37-39-40-41-42-43-44-45-46-48-50-51-53-56-58-61-64-67-70-73-76-79-91(96)103-82-88(94)83-105-110(99,100)106-84-89(95)85-107-111(101,102)108-87-90(109-93(98)81-78-75-72-69-66-63-60-55-30-27-24-21-18-15-12-9-6-3)86-104-92(97)80-77-74-71-68-65-62-59-57-54-52-49-47-38-36-34-32-29-26-23-20-17-14-11-8-5-2/h7-12,16-21,25-30,33-36,39-40,47,49,54,57,88-90,94-95H,4-6,13-15,22-24,31-32,37-38,41-46,48,50-53,55-56,58-87H2,1-3H3,(H,99,100)(H,101,102)/b10-7-,11-8-,12-9-,19-16-,20-17-,21-18-,28-25-,29-26-,30-27-,35-33-,36-34-,40-39-,49-47-,57-54-. The van der Waals surface area contributed by atoms with E-state index in [2.05, 4.69) is 191 Å². The summed E-state index contributed by atoms with van der Waals surface area (Å²) in [5.74, 6) is -1.60. The van der Waals surface area contributed by atoms with Crippen molar-refractivity contribution in [2.45, 2.75) is 360 Å². The number of esters is 3. The lowest BCUT2D eigenvalue weighted by Crippen LogP contribution is -2.30. The van der Waals surface area contributed by atoms with Crippen LogP contribution in [0.2, 0.25) is 0 Å². The molecule has 0 aromatic rings. The van der Waals surface area contributed by atoms with Crippen LogP contribution in [0.5, 0.6) is 0 Å². The van der Waals surface area contributed by atoms with Gasteiger partial charge in [0, 0.05) is 19.3 Å². The molecule has 0 bridgehead atoms. The SMILES string of the molecule is CC/C=C\C/C=C\C/C=C\C/C=C\C/C=C\C/C=C\CCCCCCCCC(=O)OCC(COP(=O)(O)OCC(O)COP(=O)(O)OCC(O)COC(=O)CCCCCCCCCCCCCCCCCCC/C=C\C/C=C\C/C=C\C/C=C\C/C=C\CC)OC(=O)CCCCCCCCC/C=C\C/C=C\C/C=C\CC. The first-order valence-electron chi connectivity index (χ1n) is 43.4. The summed E-state index contributed by atoms with van der Waals surface area (Å²) in [5.41, 5.74) is 0. The van der Waals surface area contributed by atoms with E-state index in [-0.39, 0.29) is 19.3 Å². The van der Waals surface area contributed by atoms with Gasteiger partial charge in [-0.1, -0.05) is 345 Å². The Morgan fingerprint density at radius 1 is 0.252 bits per heavy atom. The van der Waals surface area contributed by atoms with Crippen molar-refractivity contribution in [3.8, 4) is 0 Å². The monoisotopic (exact) mass is 1590 g/mol. The normalized spacial score (nSPS) is 14.7. The van der Waals surface area contributed by atoms with Crippen LogP contribution in [0.4, 0.5) is 0 Å². The van der Waals surface area contributed by atoms with E-state index in [1.165, 1.54) is 89.9 Å². The van der Waals surface area contributed by atoms with Gasteiger partial charge in [-0.3, -0.25) is 32.5 Å². The number of allylic oxidation sites excluding steroid dienone is 28. The van der Waals surface area contributed by atoms with E-state index in [0.29, 0.717) is 19.3 Å². The van der Waals surface area contributed by atoms with Crippen molar-refractivity contribution < 1.29 is 75.8 Å². The van der Waals surface area contributed by atoms with Crippen LogP contribution in [-0.4, -0.2) is 95.9 Å². The minimum absolute atomic E-state index is 0.0849. The second kappa shape index (κ2) is 84.3. The first-order chi connectivity index (χ1) is 54.2. The van der Waals surface area contributed by atoms with Crippen LogP contribution in [0.3, 0.4) is 0 Å². The van der Waals surface area contributed by atoms with Gasteiger partial charge in [0.05, 0.1) is 26.4 Å². The zero-order valence-corrected chi connectivity index (χ0v) is 71.4. The first kappa shape index (κ1) is 106. The molecule has 16 nitrogen and oxygen atoms in total. The topological polar surface area (TPSA) is 231 Å². The van der Waals surface area contributed by atoms with Gasteiger partial charge in [-0.2, -0.15) is 0 Å². The summed E-state index contributed by atoms with van der Waals surface area (Å²) in [4.78, 5) is 58.8. The molecule has 111 heavy (non-hydrogen) atoms. The lowest BCUT2D eigenvalue weighted by atomic mass is 10.0. The minimum Gasteiger partial charge on any atom is -0.463 e. The van der Waals surface area contributed by atoms with Crippen molar-refractivity contribution in [1.82, 2.24) is 0 Å². The third kappa shape index (κ3) is 85.6. The largest absolute Gasteiger partial charge is 0.472 e. The van der Waals surface area contributed by atoms with E-state index in [1.54, 1.807) is 0 Å². The number of carbonyl (C=O) groups excluding carboxylic acids is 3. The van der Waals surface area contributed by atoms with Crippen LogP contribution in [0.1, 0.15) is 342 Å². The highest BCUT2D eigenvalue weighted by molar-refractivity contribution is 7.47. The van der Waals surface area contributed by atoms with Crippen LogP contribution in [0, 0.1) is 0 Å². The fourth-order valence-corrected chi connectivity index (χ4v) is 13.0. The Balaban J connectivity index is 4.53. The van der Waals surface area contributed by atoms with Crippen LogP contribution in [0.15, 0.2) is 170 Å². The summed E-state index contributed by atoms with van der Waals surface area (Å²) >= 11 is 0. The van der Waals surface area contributed by atoms with Crippen molar-refractivity contribution in [3.05, 3.63) is 170 Å². The van der Waals surface area contributed by atoms with Gasteiger partial charge in [-0.05, 0) is 148 Å². The van der Waals surface area contributed by atoms with Gasteiger partial charge in [-0.15, -0.1) is 0 Å². The molecule has 0 saturated carbocycles.